The number of nitriles is 1. The summed E-state index contributed by atoms with van der Waals surface area (Å²) in [7, 11) is 0. The van der Waals surface area contributed by atoms with E-state index in [0.29, 0.717) is 24.5 Å². The van der Waals surface area contributed by atoms with Crippen molar-refractivity contribution in [1.82, 2.24) is 14.7 Å². The Morgan fingerprint density at radius 2 is 1.96 bits per heavy atom. The Hall–Kier alpha value is -1.16. The van der Waals surface area contributed by atoms with Gasteiger partial charge in [0.2, 0.25) is 5.91 Å². The molecule has 0 N–H and O–H groups in total. The number of rotatable bonds is 4. The number of nitrogens with zero attached hydrogens (tertiary/aromatic N) is 4. The largest absolute Gasteiger partial charge is 0.378 e. The number of likely N-dealkylation sites (tertiary alicyclic amines) is 1. The van der Waals surface area contributed by atoms with Crippen molar-refractivity contribution < 1.29 is 9.53 Å². The number of hydrogen-bond acceptors (Lipinski definition) is 5. The number of carbonyl (C=O) groups excluding carboxylic acids is 1. The van der Waals surface area contributed by atoms with E-state index in [1.54, 1.807) is 0 Å². The van der Waals surface area contributed by atoms with Crippen molar-refractivity contribution in [3.05, 3.63) is 0 Å². The molecule has 3 heterocycles. The molecule has 6 nitrogen and oxygen atoms in total. The van der Waals surface area contributed by atoms with Gasteiger partial charge in [0.25, 0.3) is 0 Å². The zero-order valence-corrected chi connectivity index (χ0v) is 15.7. The fourth-order valence-corrected chi connectivity index (χ4v) is 4.50. The Morgan fingerprint density at radius 1 is 1.20 bits per heavy atom. The molecule has 6 heteroatoms. The van der Waals surface area contributed by atoms with Gasteiger partial charge in [0.05, 0.1) is 18.7 Å². The van der Waals surface area contributed by atoms with Crippen LogP contribution in [0.25, 0.3) is 0 Å². The molecular weight excluding hydrogens is 316 g/mol. The van der Waals surface area contributed by atoms with E-state index < -0.39 is 0 Å². The van der Waals surface area contributed by atoms with E-state index in [1.807, 2.05) is 4.90 Å². The fraction of sp³-hybridized carbons (Fsp3) is 0.895. The van der Waals surface area contributed by atoms with Gasteiger partial charge in [-0.15, -0.1) is 0 Å². The molecule has 0 bridgehead atoms. The topological polar surface area (TPSA) is 59.8 Å². The van der Waals surface area contributed by atoms with Crippen molar-refractivity contribution in [1.29, 1.82) is 5.26 Å². The lowest BCUT2D eigenvalue weighted by molar-refractivity contribution is -0.136. The monoisotopic (exact) mass is 348 g/mol. The van der Waals surface area contributed by atoms with Gasteiger partial charge in [-0.25, -0.2) is 0 Å². The fourth-order valence-electron chi connectivity index (χ4n) is 4.50. The van der Waals surface area contributed by atoms with Gasteiger partial charge in [0.1, 0.15) is 6.04 Å². The highest BCUT2D eigenvalue weighted by molar-refractivity contribution is 5.78. The molecule has 0 aromatic rings. The number of piperidine rings is 1. The molecule has 3 aliphatic rings. The van der Waals surface area contributed by atoms with Gasteiger partial charge >= 0.3 is 0 Å². The first kappa shape index (κ1) is 18.6. The van der Waals surface area contributed by atoms with E-state index in [1.165, 1.54) is 6.42 Å². The Balaban J connectivity index is 1.44. The summed E-state index contributed by atoms with van der Waals surface area (Å²) in [6.07, 6.45) is 3.87. The summed E-state index contributed by atoms with van der Waals surface area (Å²) in [5.41, 5.74) is 0. The van der Waals surface area contributed by atoms with Gasteiger partial charge in [0.15, 0.2) is 0 Å². The molecule has 0 unspecified atom stereocenters. The first-order valence-corrected chi connectivity index (χ1v) is 9.84. The minimum atomic E-state index is -0.0393. The number of piperazine rings is 1. The molecule has 3 fully saturated rings. The van der Waals surface area contributed by atoms with Gasteiger partial charge < -0.3 is 9.64 Å². The molecule has 0 aromatic carbocycles. The molecule has 3 aliphatic heterocycles. The molecule has 1 amide bonds. The average Bonchev–Trinajstić information content (AvgIpc) is 2.62. The van der Waals surface area contributed by atoms with Crippen LogP contribution < -0.4 is 0 Å². The number of fused-ring (bicyclic) bond motifs is 1. The highest BCUT2D eigenvalue weighted by atomic mass is 16.5. The van der Waals surface area contributed by atoms with Crippen LogP contribution in [0.1, 0.15) is 33.1 Å². The maximum atomic E-state index is 12.7. The van der Waals surface area contributed by atoms with E-state index in [-0.39, 0.29) is 11.9 Å². The van der Waals surface area contributed by atoms with Crippen molar-refractivity contribution in [2.75, 3.05) is 52.4 Å². The summed E-state index contributed by atoms with van der Waals surface area (Å²) in [5.74, 6) is 1.17. The zero-order chi connectivity index (χ0) is 17.8. The van der Waals surface area contributed by atoms with Crippen LogP contribution >= 0.6 is 0 Å². The van der Waals surface area contributed by atoms with Crippen LogP contribution in [-0.4, -0.2) is 85.2 Å². The van der Waals surface area contributed by atoms with Gasteiger partial charge in [-0.1, -0.05) is 13.8 Å². The predicted octanol–water partition coefficient (Wildman–Crippen LogP) is 1.18. The lowest BCUT2D eigenvalue weighted by atomic mass is 9.88. The van der Waals surface area contributed by atoms with Gasteiger partial charge in [-0.3, -0.25) is 14.6 Å². The number of hydrogen-bond donors (Lipinski definition) is 0. The van der Waals surface area contributed by atoms with Crippen LogP contribution in [-0.2, 0) is 9.53 Å². The van der Waals surface area contributed by atoms with Crippen LogP contribution in [0.5, 0.6) is 0 Å². The Morgan fingerprint density at radius 3 is 2.64 bits per heavy atom. The molecule has 3 rings (SSSR count). The molecular formula is C19H32N4O2. The normalized spacial score (nSPS) is 29.9. The molecule has 3 saturated heterocycles. The Bertz CT molecular complexity index is 496. The molecule has 140 valence electrons. The van der Waals surface area contributed by atoms with Crippen LogP contribution in [0.15, 0.2) is 0 Å². The summed E-state index contributed by atoms with van der Waals surface area (Å²) in [5, 5.41) is 9.35. The zero-order valence-electron chi connectivity index (χ0n) is 15.7. The van der Waals surface area contributed by atoms with E-state index in [2.05, 4.69) is 29.7 Å². The third-order valence-electron chi connectivity index (χ3n) is 5.98. The molecule has 0 spiro atoms. The van der Waals surface area contributed by atoms with E-state index in [4.69, 9.17) is 4.74 Å². The van der Waals surface area contributed by atoms with Crippen molar-refractivity contribution in [3.8, 4) is 6.07 Å². The first-order valence-electron chi connectivity index (χ1n) is 9.84. The van der Waals surface area contributed by atoms with Crippen LogP contribution in [0.4, 0.5) is 0 Å². The van der Waals surface area contributed by atoms with Crippen molar-refractivity contribution in [2.24, 2.45) is 11.8 Å². The average molecular weight is 348 g/mol. The van der Waals surface area contributed by atoms with E-state index in [0.717, 1.165) is 58.7 Å². The van der Waals surface area contributed by atoms with Crippen molar-refractivity contribution in [3.63, 3.8) is 0 Å². The number of ether oxygens (including phenoxy) is 1. The lowest BCUT2D eigenvalue weighted by Gasteiger charge is -2.42. The molecule has 0 saturated carbocycles. The van der Waals surface area contributed by atoms with Gasteiger partial charge in [-0.05, 0) is 31.1 Å². The maximum absolute atomic E-state index is 12.7. The smallest absolute Gasteiger partial charge is 0.236 e. The molecule has 25 heavy (non-hydrogen) atoms. The molecule has 3 atom stereocenters. The predicted molar refractivity (Wildman–Crippen MR) is 95.9 cm³/mol. The standard InChI is InChI=1S/C19H32N4O2/c1-15(2)17(12-20)22-7-9-23(10-8-22)19(24)14-21-6-5-18-16(13-21)4-3-11-25-18/h15-18H,3-11,13-14H2,1-2H3/t16-,17+,18+/m1/s1. The Labute approximate surface area is 151 Å². The minimum absolute atomic E-state index is 0.0393. The highest BCUT2D eigenvalue weighted by Gasteiger charge is 2.34. The third-order valence-corrected chi connectivity index (χ3v) is 5.98. The summed E-state index contributed by atoms with van der Waals surface area (Å²) < 4.78 is 5.86. The van der Waals surface area contributed by atoms with Crippen LogP contribution in [0.3, 0.4) is 0 Å². The SMILES string of the molecule is CC(C)[C@H](C#N)N1CCN(C(=O)CN2CC[C@@H]3OCCC[C@@H]3C2)CC1. The summed E-state index contributed by atoms with van der Waals surface area (Å²) >= 11 is 0. The van der Waals surface area contributed by atoms with Crippen LogP contribution in [0, 0.1) is 23.2 Å². The van der Waals surface area contributed by atoms with Gasteiger partial charge in [0, 0.05) is 45.9 Å². The number of carbonyl (C=O) groups is 1. The summed E-state index contributed by atoms with van der Waals surface area (Å²) in [6, 6.07) is 2.37. The van der Waals surface area contributed by atoms with Crippen molar-refractivity contribution >= 4 is 5.91 Å². The first-order chi connectivity index (χ1) is 12.1. The van der Waals surface area contributed by atoms with Crippen LogP contribution in [0.2, 0.25) is 0 Å². The maximum Gasteiger partial charge on any atom is 0.236 e. The molecule has 0 aromatic heterocycles. The van der Waals surface area contributed by atoms with E-state index >= 15 is 0 Å². The quantitative estimate of drug-likeness (QED) is 0.763. The molecule has 0 radical (unpaired) electrons. The van der Waals surface area contributed by atoms with Crippen molar-refractivity contribution in [2.45, 2.75) is 45.3 Å². The minimum Gasteiger partial charge on any atom is -0.378 e. The lowest BCUT2D eigenvalue weighted by Crippen LogP contribution is -2.55. The van der Waals surface area contributed by atoms with Gasteiger partial charge in [-0.2, -0.15) is 5.26 Å². The summed E-state index contributed by atoms with van der Waals surface area (Å²) in [6.45, 7) is 10.7. The second kappa shape index (κ2) is 8.48. The third kappa shape index (κ3) is 4.52. The summed E-state index contributed by atoms with van der Waals surface area (Å²) in [4.78, 5) is 19.2. The molecule has 0 aliphatic carbocycles. The second-order valence-electron chi connectivity index (χ2n) is 8.07. The second-order valence-corrected chi connectivity index (χ2v) is 8.07. The number of amides is 1. The van der Waals surface area contributed by atoms with E-state index in [9.17, 15) is 10.1 Å². The highest BCUT2D eigenvalue weighted by Crippen LogP contribution is 2.28. The Kier molecular flexibility index (Phi) is 6.32.